The first-order valence-corrected chi connectivity index (χ1v) is 5.65. The molecule has 1 heterocycles. The third kappa shape index (κ3) is 3.70. The molecule has 1 unspecified atom stereocenters. The number of piperidine rings is 1. The van der Waals surface area contributed by atoms with Crippen molar-refractivity contribution in [3.8, 4) is 0 Å². The second-order valence-electron chi connectivity index (χ2n) is 4.06. The largest absolute Gasteiger partial charge is 0.370 e. The second kappa shape index (κ2) is 5.35. The summed E-state index contributed by atoms with van der Waals surface area (Å²) in [6.45, 7) is 3.06. The van der Waals surface area contributed by atoms with Crippen molar-refractivity contribution >= 4 is 23.4 Å². The van der Waals surface area contributed by atoms with Crippen molar-refractivity contribution in [2.24, 2.45) is 11.7 Å². The highest BCUT2D eigenvalue weighted by Gasteiger charge is 2.25. The fourth-order valence-corrected chi connectivity index (χ4v) is 2.03. The maximum atomic E-state index is 11.5. The number of hydrogen-bond acceptors (Lipinski definition) is 2. The van der Waals surface area contributed by atoms with E-state index in [4.69, 9.17) is 17.3 Å². The van der Waals surface area contributed by atoms with Crippen LogP contribution in [0.25, 0.3) is 0 Å². The van der Waals surface area contributed by atoms with Gasteiger partial charge in [0, 0.05) is 19.5 Å². The summed E-state index contributed by atoms with van der Waals surface area (Å²) in [4.78, 5) is 24.0. The lowest BCUT2D eigenvalue weighted by Gasteiger charge is -2.32. The molecule has 2 amide bonds. The van der Waals surface area contributed by atoms with Gasteiger partial charge in [0.2, 0.25) is 11.8 Å². The van der Waals surface area contributed by atoms with Gasteiger partial charge >= 0.3 is 0 Å². The molecule has 0 aromatic carbocycles. The molecule has 0 spiro atoms. The zero-order valence-electron chi connectivity index (χ0n) is 8.91. The highest BCUT2D eigenvalue weighted by Crippen LogP contribution is 2.21. The minimum Gasteiger partial charge on any atom is -0.370 e. The van der Waals surface area contributed by atoms with Crippen molar-refractivity contribution in [1.29, 1.82) is 0 Å². The van der Waals surface area contributed by atoms with Crippen molar-refractivity contribution in [2.75, 3.05) is 13.1 Å². The average molecular weight is 233 g/mol. The Hall–Kier alpha value is -0.770. The standard InChI is InChI=1S/C10H17ClN2O2/c1-7(11)10(15)13-4-2-8(3-5-13)6-9(12)14/h7-8H,2-6H2,1H3,(H2,12,14). The lowest BCUT2D eigenvalue weighted by atomic mass is 9.93. The van der Waals surface area contributed by atoms with Crippen LogP contribution < -0.4 is 5.73 Å². The van der Waals surface area contributed by atoms with Crippen LogP contribution in [0.4, 0.5) is 0 Å². The molecule has 1 aliphatic rings. The van der Waals surface area contributed by atoms with E-state index in [0.717, 1.165) is 12.8 Å². The predicted octanol–water partition coefficient (Wildman–Crippen LogP) is 0.728. The number of hydrogen-bond donors (Lipinski definition) is 1. The first-order chi connectivity index (χ1) is 7.00. The molecular weight excluding hydrogens is 216 g/mol. The Morgan fingerprint density at radius 3 is 2.40 bits per heavy atom. The Kier molecular flexibility index (Phi) is 4.39. The van der Waals surface area contributed by atoms with Crippen LogP contribution in [0.15, 0.2) is 0 Å². The topological polar surface area (TPSA) is 63.4 Å². The molecule has 5 heteroatoms. The van der Waals surface area contributed by atoms with Crippen molar-refractivity contribution in [3.05, 3.63) is 0 Å². The number of alkyl halides is 1. The molecule has 86 valence electrons. The fourth-order valence-electron chi connectivity index (χ4n) is 1.89. The molecule has 1 atom stereocenters. The molecule has 0 saturated carbocycles. The van der Waals surface area contributed by atoms with Gasteiger partial charge in [0.25, 0.3) is 0 Å². The van der Waals surface area contributed by atoms with E-state index < -0.39 is 5.38 Å². The Bertz CT molecular complexity index is 248. The molecule has 15 heavy (non-hydrogen) atoms. The van der Waals surface area contributed by atoms with Gasteiger partial charge in [0.05, 0.1) is 0 Å². The highest BCUT2D eigenvalue weighted by atomic mass is 35.5. The zero-order valence-corrected chi connectivity index (χ0v) is 9.67. The number of nitrogens with zero attached hydrogens (tertiary/aromatic N) is 1. The summed E-state index contributed by atoms with van der Waals surface area (Å²) in [5.41, 5.74) is 5.13. The van der Waals surface area contributed by atoms with Crippen LogP contribution in [0.2, 0.25) is 0 Å². The summed E-state index contributed by atoms with van der Waals surface area (Å²) in [7, 11) is 0. The first kappa shape index (κ1) is 12.3. The van der Waals surface area contributed by atoms with Crippen LogP contribution in [0.5, 0.6) is 0 Å². The SMILES string of the molecule is CC(Cl)C(=O)N1CCC(CC(N)=O)CC1. The molecule has 2 N–H and O–H groups in total. The lowest BCUT2D eigenvalue weighted by Crippen LogP contribution is -2.42. The lowest BCUT2D eigenvalue weighted by molar-refractivity contribution is -0.132. The third-order valence-electron chi connectivity index (χ3n) is 2.76. The molecule has 0 aliphatic carbocycles. The summed E-state index contributed by atoms with van der Waals surface area (Å²) in [6.07, 6.45) is 2.12. The van der Waals surface area contributed by atoms with E-state index in [0.29, 0.717) is 25.4 Å². The van der Waals surface area contributed by atoms with Crippen LogP contribution in [-0.2, 0) is 9.59 Å². The van der Waals surface area contributed by atoms with Crippen molar-refractivity contribution in [3.63, 3.8) is 0 Å². The van der Waals surface area contributed by atoms with Crippen LogP contribution >= 0.6 is 11.6 Å². The molecular formula is C10H17ClN2O2. The fraction of sp³-hybridized carbons (Fsp3) is 0.800. The minimum absolute atomic E-state index is 0.0193. The number of halogens is 1. The van der Waals surface area contributed by atoms with E-state index in [-0.39, 0.29) is 11.8 Å². The van der Waals surface area contributed by atoms with E-state index in [9.17, 15) is 9.59 Å². The quantitative estimate of drug-likeness (QED) is 0.729. The van der Waals surface area contributed by atoms with E-state index >= 15 is 0 Å². The number of carbonyl (C=O) groups is 2. The van der Waals surface area contributed by atoms with Gasteiger partial charge in [-0.05, 0) is 25.7 Å². The Morgan fingerprint density at radius 2 is 2.00 bits per heavy atom. The first-order valence-electron chi connectivity index (χ1n) is 5.22. The predicted molar refractivity (Wildman–Crippen MR) is 58.4 cm³/mol. The van der Waals surface area contributed by atoms with E-state index in [1.807, 2.05) is 0 Å². The molecule has 0 aromatic rings. The molecule has 1 rings (SSSR count). The number of primary amides is 1. The molecule has 0 aromatic heterocycles. The number of likely N-dealkylation sites (tertiary alicyclic amines) is 1. The minimum atomic E-state index is -0.460. The maximum Gasteiger partial charge on any atom is 0.240 e. The van der Waals surface area contributed by atoms with Crippen LogP contribution in [-0.4, -0.2) is 35.2 Å². The molecule has 0 radical (unpaired) electrons. The van der Waals surface area contributed by atoms with Gasteiger partial charge in [0.15, 0.2) is 0 Å². The van der Waals surface area contributed by atoms with Gasteiger partial charge in [-0.1, -0.05) is 0 Å². The van der Waals surface area contributed by atoms with Gasteiger partial charge in [-0.15, -0.1) is 11.6 Å². The normalized spacial score (nSPS) is 20.0. The van der Waals surface area contributed by atoms with Gasteiger partial charge in [0.1, 0.15) is 5.38 Å². The molecule has 1 aliphatic heterocycles. The van der Waals surface area contributed by atoms with Crippen molar-refractivity contribution in [1.82, 2.24) is 4.90 Å². The number of carbonyl (C=O) groups excluding carboxylic acids is 2. The Morgan fingerprint density at radius 1 is 1.47 bits per heavy atom. The zero-order chi connectivity index (χ0) is 11.4. The van der Waals surface area contributed by atoms with Gasteiger partial charge < -0.3 is 10.6 Å². The maximum absolute atomic E-state index is 11.5. The Labute approximate surface area is 94.7 Å². The van der Waals surface area contributed by atoms with E-state index in [1.165, 1.54) is 0 Å². The van der Waals surface area contributed by atoms with E-state index in [2.05, 4.69) is 0 Å². The molecule has 1 fully saturated rings. The van der Waals surface area contributed by atoms with Crippen molar-refractivity contribution in [2.45, 2.75) is 31.6 Å². The summed E-state index contributed by atoms with van der Waals surface area (Å²) in [5, 5.41) is -0.460. The second-order valence-corrected chi connectivity index (χ2v) is 4.71. The smallest absolute Gasteiger partial charge is 0.240 e. The number of nitrogens with two attached hydrogens (primary N) is 1. The molecule has 4 nitrogen and oxygen atoms in total. The van der Waals surface area contributed by atoms with Crippen LogP contribution in [0.3, 0.4) is 0 Å². The third-order valence-corrected chi connectivity index (χ3v) is 2.94. The van der Waals surface area contributed by atoms with E-state index in [1.54, 1.807) is 11.8 Å². The molecule has 1 saturated heterocycles. The summed E-state index contributed by atoms with van der Waals surface area (Å²) >= 11 is 5.72. The van der Waals surface area contributed by atoms with Gasteiger partial charge in [-0.3, -0.25) is 9.59 Å². The average Bonchev–Trinajstić information content (AvgIpc) is 2.17. The van der Waals surface area contributed by atoms with Crippen molar-refractivity contribution < 1.29 is 9.59 Å². The van der Waals surface area contributed by atoms with Gasteiger partial charge in [-0.2, -0.15) is 0 Å². The Balaban J connectivity index is 2.35. The number of amides is 2. The molecule has 0 bridgehead atoms. The summed E-state index contributed by atoms with van der Waals surface area (Å²) < 4.78 is 0. The number of rotatable bonds is 3. The highest BCUT2D eigenvalue weighted by molar-refractivity contribution is 6.30. The van der Waals surface area contributed by atoms with Crippen LogP contribution in [0, 0.1) is 5.92 Å². The van der Waals surface area contributed by atoms with Gasteiger partial charge in [-0.25, -0.2) is 0 Å². The monoisotopic (exact) mass is 232 g/mol. The summed E-state index contributed by atoms with van der Waals surface area (Å²) in [6, 6.07) is 0. The van der Waals surface area contributed by atoms with Crippen LogP contribution in [0.1, 0.15) is 26.2 Å². The summed E-state index contributed by atoms with van der Waals surface area (Å²) in [5.74, 6) is 0.0526.